The lowest BCUT2D eigenvalue weighted by molar-refractivity contribution is 0.162. The predicted molar refractivity (Wildman–Crippen MR) is 43.5 cm³/mol. The first kappa shape index (κ1) is 23.4. The van der Waals surface area contributed by atoms with Crippen molar-refractivity contribution in [2.75, 3.05) is 13.2 Å². The van der Waals surface area contributed by atoms with Crippen molar-refractivity contribution >= 4 is 0 Å². The zero-order chi connectivity index (χ0) is 6.12. The summed E-state index contributed by atoms with van der Waals surface area (Å²) >= 11 is 0. The van der Waals surface area contributed by atoms with E-state index in [1.165, 1.54) is 0 Å². The molecule has 0 radical (unpaired) electrons. The van der Waals surface area contributed by atoms with Crippen molar-refractivity contribution in [1.29, 1.82) is 0 Å². The fourth-order valence-corrected chi connectivity index (χ4v) is 0.204. The van der Waals surface area contributed by atoms with Gasteiger partial charge in [0.25, 0.3) is 0 Å². The molecule has 0 aromatic rings. The van der Waals surface area contributed by atoms with Gasteiger partial charge in [0.05, 0.1) is 0 Å². The van der Waals surface area contributed by atoms with Crippen LogP contribution in [0.2, 0.25) is 0 Å². The Morgan fingerprint density at radius 3 is 1.22 bits per heavy atom. The summed E-state index contributed by atoms with van der Waals surface area (Å²) in [5.74, 6) is 0. The fourth-order valence-electron chi connectivity index (χ4n) is 0.204. The Morgan fingerprint density at radius 2 is 1.22 bits per heavy atom. The largest absolute Gasteiger partial charge is 0.382 e. The molecule has 0 unspecified atom stereocenters. The molecule has 6 N–H and O–H groups in total. The maximum Gasteiger partial charge on any atom is 0.0437 e. The fraction of sp³-hybridized carbons (Fsp3) is 0.667. The standard InChI is InChI=1S/C4H10O.C2H4.2H3N/c1-3-5-4-2;1-2;;/h3-4H2,1-2H3;1-2H2;2*1H3. The highest BCUT2D eigenvalue weighted by Gasteiger charge is 1.64. The molecular weight excluding hydrogens is 116 g/mol. The van der Waals surface area contributed by atoms with E-state index in [1.54, 1.807) is 0 Å². The topological polar surface area (TPSA) is 79.2 Å². The van der Waals surface area contributed by atoms with Gasteiger partial charge in [-0.05, 0) is 13.8 Å². The van der Waals surface area contributed by atoms with E-state index in [4.69, 9.17) is 4.74 Å². The van der Waals surface area contributed by atoms with E-state index in [2.05, 4.69) is 13.2 Å². The summed E-state index contributed by atoms with van der Waals surface area (Å²) in [7, 11) is 0. The Balaban J connectivity index is -0.0000000286. The first-order valence-corrected chi connectivity index (χ1v) is 2.49. The molecule has 0 bridgehead atoms. The van der Waals surface area contributed by atoms with E-state index >= 15 is 0 Å². The summed E-state index contributed by atoms with van der Waals surface area (Å²) in [5.41, 5.74) is 0. The van der Waals surface area contributed by atoms with Crippen molar-refractivity contribution in [3.05, 3.63) is 13.2 Å². The highest BCUT2D eigenvalue weighted by Crippen LogP contribution is 1.64. The van der Waals surface area contributed by atoms with Gasteiger partial charge in [0, 0.05) is 13.2 Å². The average Bonchev–Trinajstić information content (AvgIpc) is 1.75. The van der Waals surface area contributed by atoms with Crippen LogP contribution in [0.5, 0.6) is 0 Å². The van der Waals surface area contributed by atoms with Gasteiger partial charge >= 0.3 is 0 Å². The lowest BCUT2D eigenvalue weighted by atomic mass is 10.8. The molecule has 0 aliphatic rings. The van der Waals surface area contributed by atoms with E-state index in [0.29, 0.717) is 0 Å². The third-order valence-electron chi connectivity index (χ3n) is 0.408. The summed E-state index contributed by atoms with van der Waals surface area (Å²) in [4.78, 5) is 0. The van der Waals surface area contributed by atoms with E-state index in [9.17, 15) is 0 Å². The predicted octanol–water partition coefficient (Wildman–Crippen LogP) is 2.17. The highest BCUT2D eigenvalue weighted by atomic mass is 16.5. The minimum Gasteiger partial charge on any atom is -0.382 e. The molecule has 0 fully saturated rings. The van der Waals surface area contributed by atoms with Crippen LogP contribution in [0.25, 0.3) is 0 Å². The third kappa shape index (κ3) is 91.7. The summed E-state index contributed by atoms with van der Waals surface area (Å²) in [5, 5.41) is 0. The zero-order valence-corrected chi connectivity index (χ0v) is 6.65. The maximum absolute atomic E-state index is 4.83. The molecule has 0 amide bonds. The molecule has 0 aliphatic carbocycles. The van der Waals surface area contributed by atoms with Crippen LogP contribution in [-0.2, 0) is 4.74 Å². The van der Waals surface area contributed by atoms with Crippen molar-refractivity contribution in [2.24, 2.45) is 0 Å². The van der Waals surface area contributed by atoms with Crippen LogP contribution in [0.15, 0.2) is 13.2 Å². The molecule has 60 valence electrons. The van der Waals surface area contributed by atoms with Gasteiger partial charge in [-0.1, -0.05) is 0 Å². The Morgan fingerprint density at radius 1 is 1.00 bits per heavy atom. The molecule has 0 atom stereocenters. The highest BCUT2D eigenvalue weighted by molar-refractivity contribution is 4.22. The second-order valence-electron chi connectivity index (χ2n) is 0.781. The lowest BCUT2D eigenvalue weighted by Crippen LogP contribution is -1.84. The number of rotatable bonds is 2. The molecule has 3 heteroatoms. The van der Waals surface area contributed by atoms with Crippen LogP contribution in [0.1, 0.15) is 13.8 Å². The molecular formula is C6H20N2O. The molecule has 0 aromatic heterocycles. The van der Waals surface area contributed by atoms with Gasteiger partial charge in [-0.25, -0.2) is 0 Å². The second-order valence-corrected chi connectivity index (χ2v) is 0.781. The Kier molecular flexibility index (Phi) is 127. The Labute approximate surface area is 58.3 Å². The van der Waals surface area contributed by atoms with Gasteiger partial charge in [-0.2, -0.15) is 0 Å². The number of ether oxygens (including phenoxy) is 1. The van der Waals surface area contributed by atoms with E-state index in [0.717, 1.165) is 13.2 Å². The van der Waals surface area contributed by atoms with Crippen LogP contribution in [0.3, 0.4) is 0 Å². The van der Waals surface area contributed by atoms with Crippen molar-refractivity contribution in [1.82, 2.24) is 12.3 Å². The maximum atomic E-state index is 4.83. The molecule has 0 saturated carbocycles. The van der Waals surface area contributed by atoms with Crippen LogP contribution < -0.4 is 12.3 Å². The summed E-state index contributed by atoms with van der Waals surface area (Å²) in [6, 6.07) is 0. The second kappa shape index (κ2) is 48.6. The Bertz CT molecular complexity index is 25.0. The minimum absolute atomic E-state index is 0. The zero-order valence-electron chi connectivity index (χ0n) is 6.65. The van der Waals surface area contributed by atoms with Crippen molar-refractivity contribution < 1.29 is 4.74 Å². The van der Waals surface area contributed by atoms with Gasteiger partial charge in [0.2, 0.25) is 0 Å². The van der Waals surface area contributed by atoms with Gasteiger partial charge in [-0.3, -0.25) is 0 Å². The first-order valence-electron chi connectivity index (χ1n) is 2.49. The van der Waals surface area contributed by atoms with Crippen LogP contribution >= 0.6 is 0 Å². The number of hydrogen-bond acceptors (Lipinski definition) is 3. The van der Waals surface area contributed by atoms with E-state index < -0.39 is 0 Å². The molecule has 0 saturated heterocycles. The van der Waals surface area contributed by atoms with Crippen molar-refractivity contribution in [3.63, 3.8) is 0 Å². The third-order valence-corrected chi connectivity index (χ3v) is 0.408. The molecule has 0 rings (SSSR count). The quantitative estimate of drug-likeness (QED) is 0.571. The number of hydrogen-bond donors (Lipinski definition) is 2. The van der Waals surface area contributed by atoms with Crippen molar-refractivity contribution in [3.8, 4) is 0 Å². The summed E-state index contributed by atoms with van der Waals surface area (Å²) < 4.78 is 4.83. The summed E-state index contributed by atoms with van der Waals surface area (Å²) in [6.07, 6.45) is 0. The first-order chi connectivity index (χ1) is 3.41. The molecule has 0 aliphatic heterocycles. The molecule has 0 spiro atoms. The van der Waals surface area contributed by atoms with E-state index in [1.807, 2.05) is 13.8 Å². The normalized spacial score (nSPS) is 5.11. The lowest BCUT2D eigenvalue weighted by Gasteiger charge is -1.86. The SMILES string of the molecule is C=C.CCOCC.N.N. The van der Waals surface area contributed by atoms with Crippen LogP contribution in [0.4, 0.5) is 0 Å². The van der Waals surface area contributed by atoms with Gasteiger partial charge < -0.3 is 17.0 Å². The Hall–Kier alpha value is -0.380. The molecule has 0 heterocycles. The monoisotopic (exact) mass is 136 g/mol. The van der Waals surface area contributed by atoms with Crippen LogP contribution in [0, 0.1) is 0 Å². The smallest absolute Gasteiger partial charge is 0.0437 e. The van der Waals surface area contributed by atoms with Gasteiger partial charge in [0.1, 0.15) is 0 Å². The molecule has 3 nitrogen and oxygen atoms in total. The molecule has 9 heavy (non-hydrogen) atoms. The van der Waals surface area contributed by atoms with E-state index in [-0.39, 0.29) is 12.3 Å². The minimum atomic E-state index is 0. The van der Waals surface area contributed by atoms with Gasteiger partial charge in [0.15, 0.2) is 0 Å². The summed E-state index contributed by atoms with van der Waals surface area (Å²) in [6.45, 7) is 11.7. The van der Waals surface area contributed by atoms with Crippen LogP contribution in [-0.4, -0.2) is 13.2 Å². The van der Waals surface area contributed by atoms with Gasteiger partial charge in [-0.15, -0.1) is 13.2 Å². The average molecular weight is 136 g/mol. The molecule has 0 aromatic carbocycles. The van der Waals surface area contributed by atoms with Crippen molar-refractivity contribution in [2.45, 2.75) is 13.8 Å².